The van der Waals surface area contributed by atoms with E-state index in [1.54, 1.807) is 20.8 Å². The van der Waals surface area contributed by atoms with Crippen LogP contribution in [0.15, 0.2) is 0 Å². The Labute approximate surface area is 139 Å². The van der Waals surface area contributed by atoms with E-state index in [1.165, 1.54) is 0 Å². The maximum atomic E-state index is 10.8. The van der Waals surface area contributed by atoms with Gasteiger partial charge in [0.2, 0.25) is 0 Å². The van der Waals surface area contributed by atoms with Crippen LogP contribution >= 0.6 is 0 Å². The van der Waals surface area contributed by atoms with Gasteiger partial charge in [0, 0.05) is 0 Å². The van der Waals surface area contributed by atoms with Gasteiger partial charge in [-0.25, -0.2) is 9.59 Å². The molecule has 10 nitrogen and oxygen atoms in total. The van der Waals surface area contributed by atoms with E-state index in [4.69, 9.17) is 15.3 Å². The summed E-state index contributed by atoms with van der Waals surface area (Å²) >= 11 is 0. The number of hydrogen-bond acceptors (Lipinski definition) is 9. The Hall–Kier alpha value is -2.20. The average molecular weight is 352 g/mol. The van der Waals surface area contributed by atoms with Crippen molar-refractivity contribution in [3.63, 3.8) is 0 Å². The lowest BCUT2D eigenvalue weighted by atomic mass is 10.2. The fourth-order valence-corrected chi connectivity index (χ4v) is 1.19. The van der Waals surface area contributed by atoms with E-state index in [2.05, 4.69) is 14.2 Å². The fourth-order valence-electron chi connectivity index (χ4n) is 1.19. The van der Waals surface area contributed by atoms with Crippen LogP contribution in [0.5, 0.6) is 0 Å². The van der Waals surface area contributed by atoms with Crippen LogP contribution in [0.25, 0.3) is 0 Å². The number of aliphatic hydroxyl groups excluding tert-OH is 2. The zero-order valence-corrected chi connectivity index (χ0v) is 13.9. The van der Waals surface area contributed by atoms with Crippen molar-refractivity contribution in [3.8, 4) is 0 Å². The highest BCUT2D eigenvalue weighted by atomic mass is 16.6. The minimum atomic E-state index is -1.55. The average Bonchev–Trinajstić information content (AvgIpc) is 2.47. The summed E-state index contributed by atoms with van der Waals surface area (Å²) in [5.74, 6) is -3.53. The smallest absolute Gasteiger partial charge is 0.335 e. The Bertz CT molecular complexity index is 406. The molecule has 0 saturated heterocycles. The normalized spacial score (nSPS) is 12.0. The van der Waals surface area contributed by atoms with Crippen molar-refractivity contribution < 1.29 is 48.7 Å². The molecule has 0 aliphatic rings. The van der Waals surface area contributed by atoms with Crippen molar-refractivity contribution >= 4 is 23.9 Å². The number of aliphatic hydroxyl groups is 2. The third kappa shape index (κ3) is 13.5. The zero-order chi connectivity index (χ0) is 19.1. The minimum absolute atomic E-state index is 0.134. The van der Waals surface area contributed by atoms with Gasteiger partial charge in [0.05, 0.1) is 32.7 Å². The van der Waals surface area contributed by atoms with Crippen molar-refractivity contribution in [2.75, 3.05) is 19.8 Å². The van der Waals surface area contributed by atoms with Crippen molar-refractivity contribution in [2.24, 2.45) is 0 Å². The monoisotopic (exact) mass is 352 g/mol. The van der Waals surface area contributed by atoms with Crippen LogP contribution in [-0.2, 0) is 33.4 Å². The number of carbonyl (C=O) groups excluding carboxylic acids is 3. The molecule has 3 N–H and O–H groups in total. The quantitative estimate of drug-likeness (QED) is 0.356. The maximum Gasteiger partial charge on any atom is 0.335 e. The lowest BCUT2D eigenvalue weighted by molar-refractivity contribution is -0.159. The molecule has 0 aromatic heterocycles. The van der Waals surface area contributed by atoms with E-state index in [1.807, 2.05) is 0 Å². The van der Waals surface area contributed by atoms with Crippen LogP contribution in [0.3, 0.4) is 0 Å². The van der Waals surface area contributed by atoms with E-state index in [-0.39, 0.29) is 26.2 Å². The van der Waals surface area contributed by atoms with E-state index >= 15 is 0 Å². The molecule has 0 spiro atoms. The van der Waals surface area contributed by atoms with E-state index in [0.717, 1.165) is 0 Å². The summed E-state index contributed by atoms with van der Waals surface area (Å²) in [5.41, 5.74) is 0. The number of ether oxygens (including phenoxy) is 3. The van der Waals surface area contributed by atoms with Gasteiger partial charge in [-0.3, -0.25) is 9.59 Å². The van der Waals surface area contributed by atoms with Crippen LogP contribution in [0.4, 0.5) is 0 Å². The van der Waals surface area contributed by atoms with Crippen molar-refractivity contribution in [1.29, 1.82) is 0 Å². The first-order valence-corrected chi connectivity index (χ1v) is 7.26. The molecule has 0 aromatic carbocycles. The molecular weight excluding hydrogens is 328 g/mol. The molecule has 2 atom stereocenters. The predicted molar refractivity (Wildman–Crippen MR) is 78.8 cm³/mol. The summed E-state index contributed by atoms with van der Waals surface area (Å²) in [6.45, 7) is 5.39. The first kappa shape index (κ1) is 24.1. The van der Waals surface area contributed by atoms with Gasteiger partial charge in [-0.2, -0.15) is 0 Å². The van der Waals surface area contributed by atoms with Crippen LogP contribution in [0, 0.1) is 0 Å². The molecule has 0 radical (unpaired) electrons. The second-order valence-corrected chi connectivity index (χ2v) is 4.14. The summed E-state index contributed by atoms with van der Waals surface area (Å²) in [6, 6.07) is 0. The summed E-state index contributed by atoms with van der Waals surface area (Å²) < 4.78 is 13.4. The van der Waals surface area contributed by atoms with Gasteiger partial charge in [-0.15, -0.1) is 0 Å². The first-order chi connectivity index (χ1) is 11.2. The summed E-state index contributed by atoms with van der Waals surface area (Å²) in [7, 11) is 0. The second kappa shape index (κ2) is 14.4. The Morgan fingerprint density at radius 1 is 0.750 bits per heavy atom. The molecule has 2 unspecified atom stereocenters. The first-order valence-electron chi connectivity index (χ1n) is 7.26. The molecule has 0 aromatic rings. The Kier molecular flexibility index (Phi) is 14.4. The molecule has 0 heterocycles. The van der Waals surface area contributed by atoms with Crippen molar-refractivity contribution in [2.45, 2.75) is 45.8 Å². The van der Waals surface area contributed by atoms with Crippen LogP contribution in [0.1, 0.15) is 33.6 Å². The van der Waals surface area contributed by atoms with E-state index < -0.39 is 42.5 Å². The predicted octanol–water partition coefficient (Wildman–Crippen LogP) is -0.751. The summed E-state index contributed by atoms with van der Waals surface area (Å²) in [5, 5.41) is 26.0. The van der Waals surface area contributed by atoms with Gasteiger partial charge in [-0.05, 0) is 20.8 Å². The van der Waals surface area contributed by atoms with E-state index in [9.17, 15) is 19.2 Å². The highest BCUT2D eigenvalue weighted by molar-refractivity contribution is 5.81. The molecule has 10 heteroatoms. The van der Waals surface area contributed by atoms with Gasteiger partial charge in [0.1, 0.15) is 0 Å². The topological polar surface area (TPSA) is 157 Å². The van der Waals surface area contributed by atoms with E-state index in [0.29, 0.717) is 0 Å². The van der Waals surface area contributed by atoms with Gasteiger partial charge in [0.25, 0.3) is 0 Å². The third-order valence-electron chi connectivity index (χ3n) is 2.15. The number of carbonyl (C=O) groups is 4. The molecule has 0 bridgehead atoms. The molecule has 0 aliphatic carbocycles. The van der Waals surface area contributed by atoms with Crippen LogP contribution in [-0.4, -0.2) is 71.2 Å². The summed E-state index contributed by atoms with van der Waals surface area (Å²) in [4.78, 5) is 42.1. The SMILES string of the molecule is CCOC(=O)C(O)CC(=O)O.CCOC(=O)CC(O)C(=O)OCC. The Morgan fingerprint density at radius 2 is 1.12 bits per heavy atom. The van der Waals surface area contributed by atoms with Gasteiger partial charge < -0.3 is 29.5 Å². The van der Waals surface area contributed by atoms with Crippen molar-refractivity contribution in [3.05, 3.63) is 0 Å². The lowest BCUT2D eigenvalue weighted by Crippen LogP contribution is -2.26. The Balaban J connectivity index is 0. The molecule has 0 rings (SSSR count). The minimum Gasteiger partial charge on any atom is -0.481 e. The number of rotatable bonds is 9. The second-order valence-electron chi connectivity index (χ2n) is 4.14. The van der Waals surface area contributed by atoms with Crippen molar-refractivity contribution in [1.82, 2.24) is 0 Å². The highest BCUT2D eigenvalue weighted by Crippen LogP contribution is 1.97. The number of esters is 3. The lowest BCUT2D eigenvalue weighted by Gasteiger charge is -2.08. The highest BCUT2D eigenvalue weighted by Gasteiger charge is 2.20. The zero-order valence-electron chi connectivity index (χ0n) is 13.9. The maximum absolute atomic E-state index is 10.8. The number of carboxylic acid groups (broad SMARTS) is 1. The number of hydrogen-bond donors (Lipinski definition) is 3. The molecular formula is C14H24O10. The largest absolute Gasteiger partial charge is 0.481 e. The molecule has 24 heavy (non-hydrogen) atoms. The molecule has 0 aliphatic heterocycles. The standard InChI is InChI=1S/C8H14O5.C6H10O5/c1-3-12-7(10)5-6(9)8(11)13-4-2;1-2-11-6(10)4(7)3-5(8)9/h6,9H,3-5H2,1-2H3;4,7H,2-3H2,1H3,(H,8,9). The molecule has 0 saturated carbocycles. The van der Waals surface area contributed by atoms with Gasteiger partial charge in [-0.1, -0.05) is 0 Å². The molecule has 0 fully saturated rings. The van der Waals surface area contributed by atoms with Crippen LogP contribution in [0.2, 0.25) is 0 Å². The third-order valence-corrected chi connectivity index (χ3v) is 2.15. The fraction of sp³-hybridized carbons (Fsp3) is 0.714. The number of aliphatic carboxylic acids is 1. The number of carboxylic acids is 1. The molecule has 140 valence electrons. The van der Waals surface area contributed by atoms with Crippen LogP contribution < -0.4 is 0 Å². The summed E-state index contributed by atoms with van der Waals surface area (Å²) in [6.07, 6.45) is -3.93. The van der Waals surface area contributed by atoms with Gasteiger partial charge >= 0.3 is 23.9 Å². The van der Waals surface area contributed by atoms with Gasteiger partial charge in [0.15, 0.2) is 12.2 Å². The Morgan fingerprint density at radius 3 is 1.46 bits per heavy atom. The molecule has 0 amide bonds.